The predicted molar refractivity (Wildman–Crippen MR) is 104 cm³/mol. The summed E-state index contributed by atoms with van der Waals surface area (Å²) in [5.74, 6) is 0.659. The first-order chi connectivity index (χ1) is 12.1. The molecule has 1 aliphatic heterocycles. The number of nitrogens with one attached hydrogen (secondary N) is 1. The molecule has 0 amide bonds. The summed E-state index contributed by atoms with van der Waals surface area (Å²) in [5, 5.41) is 1.16. The lowest BCUT2D eigenvalue weighted by molar-refractivity contribution is 0.331. The standard InChI is InChI=1S/C19H22N6/c1-22-18-14(10-17(20)24-19(18)21)16-9-13-8-12(4-5-15(13)23-16)11-25-6-2-3-7-25/h4-5,8-10,23H,1-3,6-7,11H2,(H4,20,21,24). The highest BCUT2D eigenvalue weighted by Gasteiger charge is 2.14. The quantitative estimate of drug-likeness (QED) is 0.638. The van der Waals surface area contributed by atoms with Crippen molar-refractivity contribution in [3.63, 3.8) is 0 Å². The molecule has 128 valence electrons. The topological polar surface area (TPSA) is 96.3 Å². The summed E-state index contributed by atoms with van der Waals surface area (Å²) >= 11 is 0. The molecule has 25 heavy (non-hydrogen) atoms. The van der Waals surface area contributed by atoms with E-state index in [9.17, 15) is 0 Å². The molecule has 1 saturated heterocycles. The van der Waals surface area contributed by atoms with Crippen molar-refractivity contribution in [2.45, 2.75) is 19.4 Å². The van der Waals surface area contributed by atoms with E-state index in [1.54, 1.807) is 6.07 Å². The number of likely N-dealkylation sites (tertiary alicyclic amines) is 1. The molecule has 0 bridgehead atoms. The van der Waals surface area contributed by atoms with E-state index in [1.807, 2.05) is 0 Å². The average molecular weight is 334 g/mol. The van der Waals surface area contributed by atoms with Crippen LogP contribution in [0.1, 0.15) is 18.4 Å². The summed E-state index contributed by atoms with van der Waals surface area (Å²) in [6.07, 6.45) is 2.61. The first kappa shape index (κ1) is 15.7. The zero-order chi connectivity index (χ0) is 17.4. The van der Waals surface area contributed by atoms with E-state index in [0.717, 1.165) is 28.7 Å². The number of nitrogen functional groups attached to an aromatic ring is 2. The molecule has 1 fully saturated rings. The number of aliphatic imine (C=N–C) groups is 1. The molecule has 3 heterocycles. The van der Waals surface area contributed by atoms with Crippen LogP contribution < -0.4 is 11.5 Å². The molecule has 0 aliphatic carbocycles. The van der Waals surface area contributed by atoms with Gasteiger partial charge in [-0.15, -0.1) is 0 Å². The largest absolute Gasteiger partial charge is 0.384 e. The van der Waals surface area contributed by atoms with Crippen molar-refractivity contribution in [2.24, 2.45) is 4.99 Å². The van der Waals surface area contributed by atoms with Gasteiger partial charge in [0.15, 0.2) is 5.82 Å². The van der Waals surface area contributed by atoms with Crippen LogP contribution in [-0.4, -0.2) is 34.7 Å². The second-order valence-electron chi connectivity index (χ2n) is 6.57. The lowest BCUT2D eigenvalue weighted by Gasteiger charge is -2.14. The Morgan fingerprint density at radius 1 is 1.16 bits per heavy atom. The first-order valence-electron chi connectivity index (χ1n) is 8.51. The number of aromatic amines is 1. The Kier molecular flexibility index (Phi) is 3.89. The van der Waals surface area contributed by atoms with E-state index >= 15 is 0 Å². The third kappa shape index (κ3) is 2.96. The highest BCUT2D eigenvalue weighted by Crippen LogP contribution is 2.36. The summed E-state index contributed by atoms with van der Waals surface area (Å²) < 4.78 is 0. The summed E-state index contributed by atoms with van der Waals surface area (Å²) in [4.78, 5) is 14.0. The van der Waals surface area contributed by atoms with Gasteiger partial charge >= 0.3 is 0 Å². The maximum atomic E-state index is 5.94. The van der Waals surface area contributed by atoms with Crippen LogP contribution in [0.15, 0.2) is 35.3 Å². The van der Waals surface area contributed by atoms with Gasteiger partial charge in [-0.2, -0.15) is 0 Å². The average Bonchev–Trinajstić information content (AvgIpc) is 3.23. The lowest BCUT2D eigenvalue weighted by Crippen LogP contribution is -2.18. The molecular weight excluding hydrogens is 312 g/mol. The molecule has 0 radical (unpaired) electrons. The van der Waals surface area contributed by atoms with Crippen molar-refractivity contribution in [3.05, 3.63) is 35.9 Å². The Balaban J connectivity index is 1.73. The molecule has 4 rings (SSSR count). The van der Waals surface area contributed by atoms with Gasteiger partial charge in [0.05, 0.1) is 0 Å². The van der Waals surface area contributed by atoms with Gasteiger partial charge in [-0.3, -0.25) is 9.89 Å². The Hall–Kier alpha value is -2.86. The van der Waals surface area contributed by atoms with Crippen LogP contribution in [0.5, 0.6) is 0 Å². The minimum atomic E-state index is 0.290. The van der Waals surface area contributed by atoms with E-state index < -0.39 is 0 Å². The van der Waals surface area contributed by atoms with Gasteiger partial charge in [-0.1, -0.05) is 6.07 Å². The molecular formula is C19H22N6. The summed E-state index contributed by atoms with van der Waals surface area (Å²) in [7, 11) is 0. The highest BCUT2D eigenvalue weighted by molar-refractivity contribution is 5.91. The fourth-order valence-corrected chi connectivity index (χ4v) is 3.57. The molecule has 0 unspecified atom stereocenters. The number of benzene rings is 1. The minimum absolute atomic E-state index is 0.290. The molecule has 0 atom stereocenters. The number of anilines is 2. The van der Waals surface area contributed by atoms with Crippen molar-refractivity contribution in [1.82, 2.24) is 14.9 Å². The van der Waals surface area contributed by atoms with E-state index in [4.69, 9.17) is 11.5 Å². The number of nitrogens with zero attached hydrogens (tertiary/aromatic N) is 3. The fraction of sp³-hybridized carbons (Fsp3) is 0.263. The minimum Gasteiger partial charge on any atom is -0.384 e. The third-order valence-corrected chi connectivity index (χ3v) is 4.78. The second kappa shape index (κ2) is 6.22. The number of hydrogen-bond donors (Lipinski definition) is 3. The fourth-order valence-electron chi connectivity index (χ4n) is 3.57. The van der Waals surface area contributed by atoms with Gasteiger partial charge in [0.1, 0.15) is 11.5 Å². The predicted octanol–water partition coefficient (Wildman–Crippen LogP) is 3.32. The van der Waals surface area contributed by atoms with E-state index in [-0.39, 0.29) is 0 Å². The Morgan fingerprint density at radius 2 is 1.96 bits per heavy atom. The van der Waals surface area contributed by atoms with Crippen LogP contribution >= 0.6 is 0 Å². The molecule has 0 spiro atoms. The van der Waals surface area contributed by atoms with Gasteiger partial charge in [0.25, 0.3) is 0 Å². The van der Waals surface area contributed by atoms with Crippen molar-refractivity contribution in [2.75, 3.05) is 24.6 Å². The number of aromatic nitrogens is 2. The van der Waals surface area contributed by atoms with Crippen LogP contribution in [0.25, 0.3) is 22.2 Å². The maximum absolute atomic E-state index is 5.94. The summed E-state index contributed by atoms with van der Waals surface area (Å²) in [6, 6.07) is 10.4. The van der Waals surface area contributed by atoms with Crippen molar-refractivity contribution >= 4 is 34.9 Å². The Bertz CT molecular complexity index is 936. The first-order valence-corrected chi connectivity index (χ1v) is 8.51. The summed E-state index contributed by atoms with van der Waals surface area (Å²) in [6.45, 7) is 7.00. The number of nitrogens with two attached hydrogens (primary N) is 2. The monoisotopic (exact) mass is 334 g/mol. The van der Waals surface area contributed by atoms with Crippen molar-refractivity contribution in [3.8, 4) is 11.3 Å². The van der Waals surface area contributed by atoms with Crippen LogP contribution in [0, 0.1) is 0 Å². The van der Waals surface area contributed by atoms with Crippen molar-refractivity contribution in [1.29, 1.82) is 0 Å². The van der Waals surface area contributed by atoms with E-state index in [1.165, 1.54) is 31.5 Å². The van der Waals surface area contributed by atoms with Gasteiger partial charge in [-0.25, -0.2) is 4.98 Å². The molecule has 0 saturated carbocycles. The lowest BCUT2D eigenvalue weighted by atomic mass is 10.1. The van der Waals surface area contributed by atoms with Crippen LogP contribution in [0.3, 0.4) is 0 Å². The number of fused-ring (bicyclic) bond motifs is 1. The van der Waals surface area contributed by atoms with Crippen molar-refractivity contribution < 1.29 is 0 Å². The van der Waals surface area contributed by atoms with E-state index in [0.29, 0.717) is 17.3 Å². The Labute approximate surface area is 146 Å². The van der Waals surface area contributed by atoms with Crippen LogP contribution in [0.2, 0.25) is 0 Å². The SMILES string of the molecule is C=Nc1c(-c2cc3cc(CN4CCCC4)ccc3[nH]2)cc(N)nc1N. The third-order valence-electron chi connectivity index (χ3n) is 4.78. The van der Waals surface area contributed by atoms with Gasteiger partial charge in [-0.05, 0) is 62.5 Å². The van der Waals surface area contributed by atoms with Crippen LogP contribution in [-0.2, 0) is 6.54 Å². The number of pyridine rings is 1. The molecule has 6 heteroatoms. The van der Waals surface area contributed by atoms with E-state index in [2.05, 4.69) is 50.8 Å². The molecule has 3 aromatic rings. The molecule has 1 aliphatic rings. The zero-order valence-electron chi connectivity index (χ0n) is 14.1. The molecule has 1 aromatic carbocycles. The normalized spacial score (nSPS) is 15.0. The second-order valence-corrected chi connectivity index (χ2v) is 6.57. The van der Waals surface area contributed by atoms with Gasteiger partial charge in [0.2, 0.25) is 0 Å². The number of hydrogen-bond acceptors (Lipinski definition) is 5. The maximum Gasteiger partial charge on any atom is 0.152 e. The Morgan fingerprint density at radius 3 is 2.72 bits per heavy atom. The highest BCUT2D eigenvalue weighted by atomic mass is 15.1. The zero-order valence-corrected chi connectivity index (χ0v) is 14.1. The smallest absolute Gasteiger partial charge is 0.152 e. The number of rotatable bonds is 4. The molecule has 2 aromatic heterocycles. The number of H-pyrrole nitrogens is 1. The van der Waals surface area contributed by atoms with Gasteiger partial charge in [0, 0.05) is 28.7 Å². The van der Waals surface area contributed by atoms with Crippen LogP contribution in [0.4, 0.5) is 17.3 Å². The van der Waals surface area contributed by atoms with Gasteiger partial charge < -0.3 is 16.5 Å². The summed E-state index contributed by atoms with van der Waals surface area (Å²) in [5.41, 5.74) is 16.5. The molecule has 5 N–H and O–H groups in total. The molecule has 6 nitrogen and oxygen atoms in total.